The molecule has 5 rings (SSSR count). The summed E-state index contributed by atoms with van der Waals surface area (Å²) in [6.07, 6.45) is 7.44. The van der Waals surface area contributed by atoms with Gasteiger partial charge in [-0.05, 0) is 79.8 Å². The van der Waals surface area contributed by atoms with Gasteiger partial charge < -0.3 is 15.4 Å². The first-order valence-electron chi connectivity index (χ1n) is 13.9. The summed E-state index contributed by atoms with van der Waals surface area (Å²) in [5.74, 6) is 2.28. The van der Waals surface area contributed by atoms with Crippen molar-refractivity contribution in [2.75, 3.05) is 18.4 Å². The third kappa shape index (κ3) is 6.70. The van der Waals surface area contributed by atoms with Crippen LogP contribution < -0.4 is 15.4 Å². The highest BCUT2D eigenvalue weighted by Gasteiger charge is 2.18. The number of fused-ring (bicyclic) bond motifs is 1. The van der Waals surface area contributed by atoms with Crippen molar-refractivity contribution >= 4 is 29.1 Å². The smallest absolute Gasteiger partial charge is 0.228 e. The van der Waals surface area contributed by atoms with Gasteiger partial charge in [-0.2, -0.15) is 5.26 Å². The minimum absolute atomic E-state index is 0. The van der Waals surface area contributed by atoms with Crippen LogP contribution in [0.5, 0.6) is 11.6 Å². The topological polar surface area (TPSA) is 95.8 Å². The Morgan fingerprint density at radius 3 is 2.73 bits per heavy atom. The molecule has 0 spiro atoms. The van der Waals surface area contributed by atoms with Gasteiger partial charge in [0.2, 0.25) is 11.8 Å². The average Bonchev–Trinajstić information content (AvgIpc) is 2.95. The predicted molar refractivity (Wildman–Crippen MR) is 163 cm³/mol. The van der Waals surface area contributed by atoms with Gasteiger partial charge >= 0.3 is 0 Å². The minimum Gasteiger partial charge on any atom is -0.437 e. The number of nitrogens with zero attached hydrogens (tertiary/aromatic N) is 4. The molecular weight excluding hydrogens is 520 g/mol. The van der Waals surface area contributed by atoms with E-state index in [1.807, 2.05) is 18.2 Å². The van der Waals surface area contributed by atoms with Gasteiger partial charge in [0.1, 0.15) is 5.75 Å². The standard InChI is InChI=1S/C32H36N6O.ClH/c1-21(2)24(19-33)13-12-23-7-4-9-27-26(23)14-11-22(3)30(27)39-31-28(10-6-17-35-31)29-15-18-36-32(38-29)37-25-8-5-16-34-20-25;/h4,6-7,9-11,14-15,17-18,21,24-25,34H,5,8,12-13,16,20H2,1-3H3,(H,36,37,38);1H/t24?,25-;/m0./s1. The van der Waals surface area contributed by atoms with E-state index >= 15 is 0 Å². The molecule has 40 heavy (non-hydrogen) atoms. The Hall–Kier alpha value is -3.73. The lowest BCUT2D eigenvalue weighted by Gasteiger charge is -2.23. The SMILES string of the molecule is Cc1ccc2c(CCC(C#N)C(C)C)cccc2c1Oc1ncccc1-c1ccnc(N[C@H]2CCCNC2)n1.Cl. The van der Waals surface area contributed by atoms with Crippen molar-refractivity contribution in [3.63, 3.8) is 0 Å². The zero-order valence-corrected chi connectivity index (χ0v) is 24.2. The van der Waals surface area contributed by atoms with Crippen LogP contribution in [0.2, 0.25) is 0 Å². The number of piperidine rings is 1. The summed E-state index contributed by atoms with van der Waals surface area (Å²) in [6, 6.07) is 19.1. The quantitative estimate of drug-likeness (QED) is 0.227. The molecule has 0 radical (unpaired) electrons. The molecule has 7 nitrogen and oxygen atoms in total. The maximum absolute atomic E-state index is 9.56. The number of anilines is 1. The molecule has 1 aliphatic heterocycles. The second kappa shape index (κ2) is 13.6. The van der Waals surface area contributed by atoms with Crippen LogP contribution in [-0.2, 0) is 6.42 Å². The molecule has 2 atom stereocenters. The minimum atomic E-state index is 0. The molecule has 1 unspecified atom stereocenters. The fourth-order valence-electron chi connectivity index (χ4n) is 5.22. The van der Waals surface area contributed by atoms with Crippen molar-refractivity contribution < 1.29 is 4.74 Å². The largest absolute Gasteiger partial charge is 0.437 e. The maximum atomic E-state index is 9.56. The maximum Gasteiger partial charge on any atom is 0.228 e. The normalized spacial score (nSPS) is 15.7. The van der Waals surface area contributed by atoms with Crippen molar-refractivity contribution in [1.29, 1.82) is 5.26 Å². The number of nitriles is 1. The Balaban J connectivity index is 0.00000370. The molecule has 1 saturated heterocycles. The third-order valence-corrected chi connectivity index (χ3v) is 7.53. The second-order valence-corrected chi connectivity index (χ2v) is 10.7. The molecule has 0 bridgehead atoms. The second-order valence-electron chi connectivity index (χ2n) is 10.7. The fraction of sp³-hybridized carbons (Fsp3) is 0.375. The molecule has 2 N–H and O–H groups in total. The number of hydrogen-bond acceptors (Lipinski definition) is 7. The third-order valence-electron chi connectivity index (χ3n) is 7.53. The van der Waals surface area contributed by atoms with Crippen LogP contribution in [0.25, 0.3) is 22.0 Å². The van der Waals surface area contributed by atoms with E-state index in [-0.39, 0.29) is 18.3 Å². The van der Waals surface area contributed by atoms with Crippen LogP contribution >= 0.6 is 12.4 Å². The van der Waals surface area contributed by atoms with Crippen molar-refractivity contribution in [1.82, 2.24) is 20.3 Å². The number of aromatic nitrogens is 3. The van der Waals surface area contributed by atoms with E-state index in [2.05, 4.69) is 77.8 Å². The summed E-state index contributed by atoms with van der Waals surface area (Å²) >= 11 is 0. The van der Waals surface area contributed by atoms with Gasteiger partial charge in [-0.1, -0.05) is 44.2 Å². The number of rotatable bonds is 9. The molecule has 0 aliphatic carbocycles. The molecule has 2 aromatic carbocycles. The number of halogens is 1. The van der Waals surface area contributed by atoms with Crippen molar-refractivity contribution in [3.05, 3.63) is 72.1 Å². The van der Waals surface area contributed by atoms with Gasteiger partial charge in [-0.15, -0.1) is 12.4 Å². The Labute approximate surface area is 242 Å². The highest BCUT2D eigenvalue weighted by molar-refractivity contribution is 5.92. The molecule has 0 amide bonds. The van der Waals surface area contributed by atoms with Gasteiger partial charge in [0.05, 0.1) is 17.3 Å². The highest BCUT2D eigenvalue weighted by Crippen LogP contribution is 2.38. The molecule has 1 aliphatic rings. The molecule has 2 aromatic heterocycles. The lowest BCUT2D eigenvalue weighted by Crippen LogP contribution is -2.38. The predicted octanol–water partition coefficient (Wildman–Crippen LogP) is 7.11. The van der Waals surface area contributed by atoms with Crippen molar-refractivity contribution in [2.24, 2.45) is 11.8 Å². The Morgan fingerprint density at radius 1 is 1.07 bits per heavy atom. The zero-order valence-electron chi connectivity index (χ0n) is 23.4. The van der Waals surface area contributed by atoms with Crippen LogP contribution in [0.4, 0.5) is 5.95 Å². The first kappa shape index (κ1) is 29.3. The monoisotopic (exact) mass is 556 g/mol. The lowest BCUT2D eigenvalue weighted by atomic mass is 9.89. The van der Waals surface area contributed by atoms with E-state index in [4.69, 9.17) is 9.72 Å². The van der Waals surface area contributed by atoms with Gasteiger partial charge in [0, 0.05) is 36.3 Å². The fourth-order valence-corrected chi connectivity index (χ4v) is 5.22. The summed E-state index contributed by atoms with van der Waals surface area (Å²) < 4.78 is 6.58. The van der Waals surface area contributed by atoms with Crippen LogP contribution in [0.15, 0.2) is 60.9 Å². The van der Waals surface area contributed by atoms with Crippen LogP contribution in [0.3, 0.4) is 0 Å². The Morgan fingerprint density at radius 2 is 1.95 bits per heavy atom. The number of hydrogen-bond donors (Lipinski definition) is 2. The first-order valence-corrected chi connectivity index (χ1v) is 13.9. The molecule has 3 heterocycles. The van der Waals surface area contributed by atoms with Crippen LogP contribution in [-0.4, -0.2) is 34.1 Å². The molecule has 8 heteroatoms. The van der Waals surface area contributed by atoms with Gasteiger partial charge in [0.15, 0.2) is 0 Å². The number of ether oxygens (including phenoxy) is 1. The van der Waals surface area contributed by atoms with Gasteiger partial charge in [0.25, 0.3) is 0 Å². The van der Waals surface area contributed by atoms with E-state index in [0.717, 1.165) is 72.1 Å². The summed E-state index contributed by atoms with van der Waals surface area (Å²) in [5, 5.41) is 18.6. The highest BCUT2D eigenvalue weighted by atomic mass is 35.5. The number of benzene rings is 2. The summed E-state index contributed by atoms with van der Waals surface area (Å²) in [5.41, 5.74) is 3.83. The van der Waals surface area contributed by atoms with E-state index in [1.165, 1.54) is 5.56 Å². The average molecular weight is 557 g/mol. The van der Waals surface area contributed by atoms with Gasteiger partial charge in [-0.3, -0.25) is 0 Å². The summed E-state index contributed by atoms with van der Waals surface area (Å²) in [7, 11) is 0. The number of pyridine rings is 1. The Bertz CT molecular complexity index is 1480. The molecule has 0 saturated carbocycles. The lowest BCUT2D eigenvalue weighted by molar-refractivity contribution is 0.447. The molecule has 1 fully saturated rings. The first-order chi connectivity index (χ1) is 19.0. The van der Waals surface area contributed by atoms with E-state index < -0.39 is 0 Å². The van der Waals surface area contributed by atoms with E-state index in [0.29, 0.717) is 23.8 Å². The number of nitrogens with one attached hydrogen (secondary N) is 2. The summed E-state index contributed by atoms with van der Waals surface area (Å²) in [4.78, 5) is 13.9. The van der Waals surface area contributed by atoms with Crippen LogP contribution in [0.1, 0.15) is 44.2 Å². The number of aryl methyl sites for hydroxylation is 2. The van der Waals surface area contributed by atoms with E-state index in [9.17, 15) is 5.26 Å². The summed E-state index contributed by atoms with van der Waals surface area (Å²) in [6.45, 7) is 8.25. The van der Waals surface area contributed by atoms with Crippen molar-refractivity contribution in [3.8, 4) is 29.0 Å². The molecule has 4 aromatic rings. The Kier molecular flexibility index (Phi) is 9.92. The zero-order chi connectivity index (χ0) is 27.2. The van der Waals surface area contributed by atoms with Crippen LogP contribution in [0, 0.1) is 30.1 Å². The van der Waals surface area contributed by atoms with Gasteiger partial charge in [-0.25, -0.2) is 15.0 Å². The van der Waals surface area contributed by atoms with Crippen molar-refractivity contribution in [2.45, 2.75) is 52.5 Å². The molecule has 208 valence electrons. The van der Waals surface area contributed by atoms with E-state index in [1.54, 1.807) is 12.4 Å². The molecular formula is C32H37ClN6O.